The molecule has 5 nitrogen and oxygen atoms in total. The number of urea groups is 1. The summed E-state index contributed by atoms with van der Waals surface area (Å²) in [5.41, 5.74) is 1.35. The van der Waals surface area contributed by atoms with Crippen LogP contribution < -0.4 is 5.32 Å². The lowest BCUT2D eigenvalue weighted by molar-refractivity contribution is 0.0696. The van der Waals surface area contributed by atoms with Gasteiger partial charge in [0, 0.05) is 18.3 Å². The SMILES string of the molecule is Cc1c(NC(=O)N(CC2CC2)C(C)C)cccc1C(=O)O. The van der Waals surface area contributed by atoms with E-state index in [1.165, 1.54) is 18.9 Å². The molecule has 2 amide bonds. The van der Waals surface area contributed by atoms with E-state index in [1.54, 1.807) is 19.1 Å². The van der Waals surface area contributed by atoms with Crippen molar-refractivity contribution in [2.45, 2.75) is 39.7 Å². The molecule has 0 aromatic heterocycles. The van der Waals surface area contributed by atoms with Crippen molar-refractivity contribution in [2.24, 2.45) is 5.92 Å². The molecule has 0 radical (unpaired) electrons. The minimum absolute atomic E-state index is 0.119. The summed E-state index contributed by atoms with van der Waals surface area (Å²) in [6.07, 6.45) is 2.37. The molecule has 114 valence electrons. The molecule has 0 unspecified atom stereocenters. The number of benzene rings is 1. The zero-order chi connectivity index (χ0) is 15.6. The standard InChI is InChI=1S/C16H22N2O3/c1-10(2)18(9-12-7-8-12)16(21)17-14-6-4-5-13(11(14)3)15(19)20/h4-6,10,12H,7-9H2,1-3H3,(H,17,21)(H,19,20). The first-order chi connectivity index (χ1) is 9.90. The van der Waals surface area contributed by atoms with Crippen LogP contribution in [0.5, 0.6) is 0 Å². The molecule has 5 heteroatoms. The lowest BCUT2D eigenvalue weighted by Gasteiger charge is -2.27. The molecule has 0 heterocycles. The highest BCUT2D eigenvalue weighted by Gasteiger charge is 2.28. The van der Waals surface area contributed by atoms with Gasteiger partial charge in [-0.15, -0.1) is 0 Å². The van der Waals surface area contributed by atoms with E-state index < -0.39 is 5.97 Å². The van der Waals surface area contributed by atoms with Crippen LogP contribution in [-0.2, 0) is 0 Å². The van der Waals surface area contributed by atoms with Crippen LogP contribution in [0.2, 0.25) is 0 Å². The van der Waals surface area contributed by atoms with E-state index in [4.69, 9.17) is 5.11 Å². The molecule has 0 bridgehead atoms. The molecule has 1 saturated carbocycles. The normalized spacial score (nSPS) is 14.1. The number of aromatic carboxylic acids is 1. The quantitative estimate of drug-likeness (QED) is 0.873. The number of carboxylic acids is 1. The van der Waals surface area contributed by atoms with Gasteiger partial charge in [-0.1, -0.05) is 6.07 Å². The molecule has 1 aromatic carbocycles. The molecule has 1 aromatic rings. The highest BCUT2D eigenvalue weighted by molar-refractivity contribution is 5.95. The highest BCUT2D eigenvalue weighted by atomic mass is 16.4. The predicted molar refractivity (Wildman–Crippen MR) is 81.7 cm³/mol. The van der Waals surface area contributed by atoms with Crippen LogP contribution in [0.1, 0.15) is 42.6 Å². The Morgan fingerprint density at radius 3 is 2.57 bits per heavy atom. The molecule has 0 saturated heterocycles. The van der Waals surface area contributed by atoms with Gasteiger partial charge in [0.25, 0.3) is 0 Å². The van der Waals surface area contributed by atoms with Crippen LogP contribution in [0, 0.1) is 12.8 Å². The Balaban J connectivity index is 2.14. The molecule has 1 aliphatic carbocycles. The molecule has 21 heavy (non-hydrogen) atoms. The van der Waals surface area contributed by atoms with Crippen molar-refractivity contribution in [1.29, 1.82) is 0 Å². The Labute approximate surface area is 125 Å². The number of nitrogens with one attached hydrogen (secondary N) is 1. The number of amides is 2. The maximum Gasteiger partial charge on any atom is 0.336 e. The summed E-state index contributed by atoms with van der Waals surface area (Å²) in [6, 6.07) is 4.87. The zero-order valence-electron chi connectivity index (χ0n) is 12.7. The van der Waals surface area contributed by atoms with Crippen LogP contribution >= 0.6 is 0 Å². The molecular formula is C16H22N2O3. The summed E-state index contributed by atoms with van der Waals surface area (Å²) < 4.78 is 0. The molecule has 0 aliphatic heterocycles. The molecule has 0 atom stereocenters. The fourth-order valence-corrected chi connectivity index (χ4v) is 2.30. The Kier molecular flexibility index (Phi) is 4.50. The number of rotatable bonds is 5. The Bertz CT molecular complexity index is 550. The van der Waals surface area contributed by atoms with Gasteiger partial charge in [0.2, 0.25) is 0 Å². The molecule has 2 rings (SSSR count). The third-order valence-corrected chi connectivity index (χ3v) is 3.84. The third kappa shape index (κ3) is 3.74. The van der Waals surface area contributed by atoms with Crippen molar-refractivity contribution in [3.8, 4) is 0 Å². The third-order valence-electron chi connectivity index (χ3n) is 3.84. The number of carbonyl (C=O) groups excluding carboxylic acids is 1. The lowest BCUT2D eigenvalue weighted by atomic mass is 10.1. The van der Waals surface area contributed by atoms with E-state index in [-0.39, 0.29) is 17.6 Å². The van der Waals surface area contributed by atoms with E-state index >= 15 is 0 Å². The van der Waals surface area contributed by atoms with Crippen molar-refractivity contribution < 1.29 is 14.7 Å². The number of carbonyl (C=O) groups is 2. The second-order valence-electron chi connectivity index (χ2n) is 5.90. The number of nitrogens with zero attached hydrogens (tertiary/aromatic N) is 1. The number of hydrogen-bond acceptors (Lipinski definition) is 2. The Hall–Kier alpha value is -2.04. The minimum atomic E-state index is -0.984. The maximum atomic E-state index is 12.4. The van der Waals surface area contributed by atoms with Crippen molar-refractivity contribution in [3.63, 3.8) is 0 Å². The molecular weight excluding hydrogens is 268 g/mol. The van der Waals surface area contributed by atoms with E-state index in [2.05, 4.69) is 5.32 Å². The summed E-state index contributed by atoms with van der Waals surface area (Å²) in [6.45, 7) is 6.45. The van der Waals surface area contributed by atoms with Gasteiger partial charge in [-0.2, -0.15) is 0 Å². The van der Waals surface area contributed by atoms with Crippen LogP contribution in [0.25, 0.3) is 0 Å². The van der Waals surface area contributed by atoms with Crippen molar-refractivity contribution in [2.75, 3.05) is 11.9 Å². The van der Waals surface area contributed by atoms with Gasteiger partial charge >= 0.3 is 12.0 Å². The highest BCUT2D eigenvalue weighted by Crippen LogP contribution is 2.30. The minimum Gasteiger partial charge on any atom is -0.478 e. The van der Waals surface area contributed by atoms with Crippen molar-refractivity contribution in [1.82, 2.24) is 4.90 Å². The van der Waals surface area contributed by atoms with E-state index in [0.717, 1.165) is 6.54 Å². The molecule has 1 aliphatic rings. The Morgan fingerprint density at radius 1 is 1.38 bits per heavy atom. The summed E-state index contributed by atoms with van der Waals surface area (Å²) >= 11 is 0. The molecule has 1 fully saturated rings. The van der Waals surface area contributed by atoms with Gasteiger partial charge in [0.1, 0.15) is 0 Å². The number of anilines is 1. The maximum absolute atomic E-state index is 12.4. The summed E-state index contributed by atoms with van der Waals surface area (Å²) in [4.78, 5) is 25.4. The number of hydrogen-bond donors (Lipinski definition) is 2. The number of carboxylic acid groups (broad SMARTS) is 1. The summed E-state index contributed by atoms with van der Waals surface area (Å²) in [7, 11) is 0. The fraction of sp³-hybridized carbons (Fsp3) is 0.500. The second kappa shape index (κ2) is 6.16. The first-order valence-corrected chi connectivity index (χ1v) is 7.30. The second-order valence-corrected chi connectivity index (χ2v) is 5.90. The van der Waals surface area contributed by atoms with Gasteiger partial charge in [0.15, 0.2) is 0 Å². The zero-order valence-corrected chi connectivity index (χ0v) is 12.7. The largest absolute Gasteiger partial charge is 0.478 e. The van der Waals surface area contributed by atoms with Crippen LogP contribution in [0.4, 0.5) is 10.5 Å². The van der Waals surface area contributed by atoms with E-state index in [0.29, 0.717) is 17.2 Å². The average Bonchev–Trinajstić information content (AvgIpc) is 3.21. The topological polar surface area (TPSA) is 69.6 Å². The van der Waals surface area contributed by atoms with E-state index in [1.807, 2.05) is 18.7 Å². The Morgan fingerprint density at radius 2 is 2.05 bits per heavy atom. The monoisotopic (exact) mass is 290 g/mol. The lowest BCUT2D eigenvalue weighted by Crippen LogP contribution is -2.41. The fourth-order valence-electron chi connectivity index (χ4n) is 2.30. The first kappa shape index (κ1) is 15.4. The van der Waals surface area contributed by atoms with Crippen LogP contribution in [0.3, 0.4) is 0 Å². The van der Waals surface area contributed by atoms with Crippen molar-refractivity contribution in [3.05, 3.63) is 29.3 Å². The van der Waals surface area contributed by atoms with Crippen LogP contribution in [-0.4, -0.2) is 34.6 Å². The van der Waals surface area contributed by atoms with Gasteiger partial charge in [-0.25, -0.2) is 9.59 Å². The van der Waals surface area contributed by atoms with Crippen molar-refractivity contribution >= 4 is 17.7 Å². The van der Waals surface area contributed by atoms with Gasteiger partial charge in [-0.3, -0.25) is 0 Å². The first-order valence-electron chi connectivity index (χ1n) is 7.30. The van der Waals surface area contributed by atoms with Gasteiger partial charge in [0.05, 0.1) is 5.56 Å². The van der Waals surface area contributed by atoms with Gasteiger partial charge in [-0.05, 0) is 57.2 Å². The molecule has 2 N–H and O–H groups in total. The smallest absolute Gasteiger partial charge is 0.336 e. The van der Waals surface area contributed by atoms with Crippen LogP contribution in [0.15, 0.2) is 18.2 Å². The average molecular weight is 290 g/mol. The summed E-state index contributed by atoms with van der Waals surface area (Å²) in [5.74, 6) is -0.369. The molecule has 0 spiro atoms. The predicted octanol–water partition coefficient (Wildman–Crippen LogP) is 3.35. The van der Waals surface area contributed by atoms with E-state index in [9.17, 15) is 9.59 Å². The summed E-state index contributed by atoms with van der Waals surface area (Å²) in [5, 5.41) is 12.0. The van der Waals surface area contributed by atoms with Gasteiger partial charge < -0.3 is 15.3 Å².